The number of carboxylic acid groups (broad SMARTS) is 1. The molecule has 0 bridgehead atoms. The summed E-state index contributed by atoms with van der Waals surface area (Å²) in [6.45, 7) is 1.69. The molecule has 0 aromatic heterocycles. The lowest BCUT2D eigenvalue weighted by molar-refractivity contribution is -0.147. The fourth-order valence-electron chi connectivity index (χ4n) is 1.84. The van der Waals surface area contributed by atoms with Crippen molar-refractivity contribution in [3.8, 4) is 0 Å². The van der Waals surface area contributed by atoms with Crippen molar-refractivity contribution in [1.82, 2.24) is 4.31 Å². The Morgan fingerprint density at radius 2 is 2.50 bits per heavy atom. The first-order chi connectivity index (χ1) is 6.49. The fraction of sp³-hybridized carbons (Fsp3) is 0.500. The first kappa shape index (κ1) is 9.54. The van der Waals surface area contributed by atoms with Crippen LogP contribution in [-0.4, -0.2) is 38.6 Å². The Kier molecular flexibility index (Phi) is 1.87. The largest absolute Gasteiger partial charge is 0.478 e. The van der Waals surface area contributed by atoms with Gasteiger partial charge < -0.3 is 10.8 Å². The van der Waals surface area contributed by atoms with Crippen LogP contribution < -0.4 is 5.73 Å². The van der Waals surface area contributed by atoms with E-state index in [-0.39, 0.29) is 11.5 Å². The quantitative estimate of drug-likeness (QED) is 0.458. The molecule has 0 saturated carbocycles. The number of rotatable bonds is 1. The van der Waals surface area contributed by atoms with E-state index in [0.29, 0.717) is 5.75 Å². The molecule has 1 amide bonds. The third-order valence-electron chi connectivity index (χ3n) is 2.76. The monoisotopic (exact) mass is 214 g/mol. The molecule has 2 aliphatic rings. The van der Waals surface area contributed by atoms with Gasteiger partial charge in [0.2, 0.25) is 0 Å². The van der Waals surface area contributed by atoms with Crippen molar-refractivity contribution in [3.05, 3.63) is 11.6 Å². The Bertz CT molecular complexity index is 354. The highest BCUT2D eigenvalue weighted by Gasteiger charge is 2.60. The van der Waals surface area contributed by atoms with Gasteiger partial charge in [-0.3, -0.25) is 9.10 Å². The van der Waals surface area contributed by atoms with Crippen LogP contribution in [-0.2, 0) is 9.59 Å². The zero-order valence-corrected chi connectivity index (χ0v) is 8.37. The van der Waals surface area contributed by atoms with Gasteiger partial charge >= 0.3 is 5.97 Å². The van der Waals surface area contributed by atoms with E-state index < -0.39 is 17.6 Å². The van der Waals surface area contributed by atoms with E-state index in [0.717, 1.165) is 0 Å². The topological polar surface area (TPSA) is 83.6 Å². The number of carbonyl (C=O) groups is 2. The van der Waals surface area contributed by atoms with Crippen molar-refractivity contribution in [2.45, 2.75) is 18.5 Å². The summed E-state index contributed by atoms with van der Waals surface area (Å²) in [6, 6.07) is -0.724. The molecule has 0 unspecified atom stereocenters. The van der Waals surface area contributed by atoms with Crippen LogP contribution in [0.3, 0.4) is 0 Å². The number of hydrogen-bond acceptors (Lipinski definition) is 4. The first-order valence-corrected chi connectivity index (χ1v) is 5.10. The summed E-state index contributed by atoms with van der Waals surface area (Å²) in [4.78, 5) is 22.3. The van der Waals surface area contributed by atoms with Gasteiger partial charge in [-0.05, 0) is 18.9 Å². The molecule has 2 aliphatic heterocycles. The van der Waals surface area contributed by atoms with Crippen molar-refractivity contribution < 1.29 is 14.7 Å². The number of hydrogen-bond donors (Lipinski definition) is 2. The number of β-lactam (4-membered cyclic amide) rings is 1. The van der Waals surface area contributed by atoms with Gasteiger partial charge in [0.25, 0.3) is 5.91 Å². The normalized spacial score (nSPS) is 35.9. The Morgan fingerprint density at radius 3 is 3.07 bits per heavy atom. The van der Waals surface area contributed by atoms with E-state index in [1.54, 1.807) is 13.0 Å². The van der Waals surface area contributed by atoms with Crippen LogP contribution in [0.4, 0.5) is 0 Å². The molecule has 1 fully saturated rings. The second-order valence-electron chi connectivity index (χ2n) is 3.48. The molecule has 3 N–H and O–H groups in total. The smallest absolute Gasteiger partial charge is 0.333 e. The molecule has 5 nitrogen and oxygen atoms in total. The van der Waals surface area contributed by atoms with Crippen molar-refractivity contribution in [1.29, 1.82) is 0 Å². The predicted molar refractivity (Wildman–Crippen MR) is 51.4 cm³/mol. The van der Waals surface area contributed by atoms with Gasteiger partial charge in [-0.1, -0.05) is 6.08 Å². The zero-order chi connectivity index (χ0) is 10.5. The van der Waals surface area contributed by atoms with E-state index in [1.165, 1.54) is 16.3 Å². The van der Waals surface area contributed by atoms with Gasteiger partial charge in [-0.15, -0.1) is 0 Å². The SMILES string of the molecule is C[C@]12C(C(=O)O)=CCSN1C(=O)[C@H]2N. The van der Waals surface area contributed by atoms with E-state index in [9.17, 15) is 9.59 Å². The first-order valence-electron chi connectivity index (χ1n) is 4.16. The highest BCUT2D eigenvalue weighted by atomic mass is 32.2. The summed E-state index contributed by atoms with van der Waals surface area (Å²) < 4.78 is 1.46. The van der Waals surface area contributed by atoms with E-state index in [2.05, 4.69) is 0 Å². The highest BCUT2D eigenvalue weighted by molar-refractivity contribution is 7.97. The second-order valence-corrected chi connectivity index (χ2v) is 4.43. The molecule has 2 heterocycles. The average Bonchev–Trinajstić information content (AvgIpc) is 2.16. The molecule has 0 spiro atoms. The number of aliphatic carboxylic acids is 1. The summed E-state index contributed by atoms with van der Waals surface area (Å²) in [7, 11) is 0. The van der Waals surface area contributed by atoms with Crippen LogP contribution in [0.2, 0.25) is 0 Å². The van der Waals surface area contributed by atoms with Crippen molar-refractivity contribution in [2.24, 2.45) is 5.73 Å². The number of fused-ring (bicyclic) bond motifs is 1. The zero-order valence-electron chi connectivity index (χ0n) is 7.56. The van der Waals surface area contributed by atoms with Crippen LogP contribution in [0.15, 0.2) is 11.6 Å². The number of carbonyl (C=O) groups excluding carboxylic acids is 1. The summed E-state index contributed by atoms with van der Waals surface area (Å²) >= 11 is 1.31. The minimum absolute atomic E-state index is 0.190. The van der Waals surface area contributed by atoms with Gasteiger partial charge in [0.15, 0.2) is 0 Å². The molecule has 6 heteroatoms. The van der Waals surface area contributed by atoms with Crippen molar-refractivity contribution in [2.75, 3.05) is 5.75 Å². The summed E-state index contributed by atoms with van der Waals surface area (Å²) in [6.07, 6.45) is 1.62. The van der Waals surface area contributed by atoms with Crippen LogP contribution in [0.5, 0.6) is 0 Å². The molecule has 0 radical (unpaired) electrons. The number of nitrogens with zero attached hydrogens (tertiary/aromatic N) is 1. The molecule has 0 aromatic rings. The van der Waals surface area contributed by atoms with E-state index in [1.807, 2.05) is 0 Å². The molecular weight excluding hydrogens is 204 g/mol. The maximum atomic E-state index is 11.3. The third-order valence-corrected chi connectivity index (χ3v) is 3.89. The van der Waals surface area contributed by atoms with Crippen LogP contribution in [0.25, 0.3) is 0 Å². The fourth-order valence-corrected chi connectivity index (χ4v) is 2.95. The summed E-state index contributed by atoms with van der Waals surface area (Å²) in [5.41, 5.74) is 5.03. The maximum Gasteiger partial charge on any atom is 0.333 e. The van der Waals surface area contributed by atoms with Gasteiger partial charge in [0.1, 0.15) is 11.6 Å². The molecule has 14 heavy (non-hydrogen) atoms. The van der Waals surface area contributed by atoms with Crippen molar-refractivity contribution in [3.63, 3.8) is 0 Å². The molecular formula is C8H10N2O3S. The molecule has 2 rings (SSSR count). The lowest BCUT2D eigenvalue weighted by Gasteiger charge is -2.54. The predicted octanol–water partition coefficient (Wildman–Crippen LogP) is -0.413. The Labute approximate surface area is 85.1 Å². The van der Waals surface area contributed by atoms with Crippen LogP contribution in [0, 0.1) is 0 Å². The van der Waals surface area contributed by atoms with E-state index >= 15 is 0 Å². The molecule has 0 aromatic carbocycles. The Balaban J connectivity index is 2.41. The summed E-state index contributed by atoms with van der Waals surface area (Å²) in [5, 5.41) is 8.96. The van der Waals surface area contributed by atoms with Crippen molar-refractivity contribution >= 4 is 23.8 Å². The molecule has 76 valence electrons. The summed E-state index contributed by atoms with van der Waals surface area (Å²) in [5.74, 6) is -0.680. The maximum absolute atomic E-state index is 11.3. The molecule has 2 atom stereocenters. The van der Waals surface area contributed by atoms with E-state index in [4.69, 9.17) is 10.8 Å². The number of amides is 1. The van der Waals surface area contributed by atoms with Gasteiger partial charge in [-0.25, -0.2) is 4.79 Å². The molecule has 0 aliphatic carbocycles. The second kappa shape index (κ2) is 2.74. The van der Waals surface area contributed by atoms with Gasteiger partial charge in [-0.2, -0.15) is 0 Å². The number of carboxylic acids is 1. The highest BCUT2D eigenvalue weighted by Crippen LogP contribution is 2.45. The lowest BCUT2D eigenvalue weighted by atomic mass is 9.77. The van der Waals surface area contributed by atoms with Crippen LogP contribution >= 0.6 is 11.9 Å². The lowest BCUT2D eigenvalue weighted by Crippen LogP contribution is -2.76. The number of nitrogens with two attached hydrogens (primary N) is 1. The Hall–Kier alpha value is -1.01. The minimum Gasteiger partial charge on any atom is -0.478 e. The van der Waals surface area contributed by atoms with Gasteiger partial charge in [0.05, 0.1) is 5.57 Å². The van der Waals surface area contributed by atoms with Gasteiger partial charge in [0, 0.05) is 5.75 Å². The average molecular weight is 214 g/mol. The minimum atomic E-state index is -0.999. The Morgan fingerprint density at radius 1 is 1.86 bits per heavy atom. The standard InChI is InChI=1S/C8H10N2O3S/c1-8-4(7(12)13)2-3-14-10(8)6(11)5(8)9/h2,5H,3,9H2,1H3,(H,12,13)/t5-,8-/m1/s1. The third kappa shape index (κ3) is 0.896. The van der Waals surface area contributed by atoms with Crippen LogP contribution in [0.1, 0.15) is 6.92 Å². The molecule has 1 saturated heterocycles.